The molecule has 16 heavy (non-hydrogen) atoms. The van der Waals surface area contributed by atoms with Crippen molar-refractivity contribution in [2.24, 2.45) is 5.92 Å². The van der Waals surface area contributed by atoms with Gasteiger partial charge in [-0.25, -0.2) is 4.98 Å². The first-order valence-corrected chi connectivity index (χ1v) is 6.04. The van der Waals surface area contributed by atoms with Crippen LogP contribution >= 0.6 is 0 Å². The highest BCUT2D eigenvalue weighted by molar-refractivity contribution is 7.84. The fraction of sp³-hybridized carbons (Fsp3) is 0.500. The minimum absolute atomic E-state index is 0.196. The molecule has 1 rings (SSSR count). The lowest BCUT2D eigenvalue weighted by atomic mass is 10.3. The predicted molar refractivity (Wildman–Crippen MR) is 55.4 cm³/mol. The molecule has 90 valence electrons. The van der Waals surface area contributed by atoms with Crippen molar-refractivity contribution in [1.29, 1.82) is 0 Å². The molecule has 1 unspecified atom stereocenters. The normalized spacial score (nSPS) is 14.1. The molecule has 1 aromatic heterocycles. The molecule has 0 aliphatic rings. The molecule has 0 amide bonds. The van der Waals surface area contributed by atoms with Crippen molar-refractivity contribution in [1.82, 2.24) is 4.98 Å². The van der Waals surface area contributed by atoms with E-state index >= 15 is 0 Å². The zero-order valence-corrected chi connectivity index (χ0v) is 9.73. The van der Waals surface area contributed by atoms with Crippen molar-refractivity contribution in [3.05, 3.63) is 23.9 Å². The maximum Gasteiger partial charge on any atom is 0.417 e. The predicted octanol–water partition coefficient (Wildman–Crippen LogP) is 2.86. The van der Waals surface area contributed by atoms with E-state index in [0.29, 0.717) is 11.9 Å². The number of hydrogen-bond donors (Lipinski definition) is 0. The number of pyridine rings is 1. The van der Waals surface area contributed by atoms with Gasteiger partial charge >= 0.3 is 6.18 Å². The molecule has 1 heterocycles. The number of aromatic nitrogens is 1. The van der Waals surface area contributed by atoms with Crippen molar-refractivity contribution < 1.29 is 17.4 Å². The van der Waals surface area contributed by atoms with E-state index in [0.717, 1.165) is 6.07 Å². The molecule has 0 aliphatic carbocycles. The van der Waals surface area contributed by atoms with Gasteiger partial charge in [0.25, 0.3) is 0 Å². The van der Waals surface area contributed by atoms with Gasteiger partial charge < -0.3 is 0 Å². The zero-order valence-electron chi connectivity index (χ0n) is 8.91. The van der Waals surface area contributed by atoms with Gasteiger partial charge in [-0.15, -0.1) is 0 Å². The van der Waals surface area contributed by atoms with Crippen LogP contribution in [0.1, 0.15) is 19.4 Å². The summed E-state index contributed by atoms with van der Waals surface area (Å²) < 4.78 is 48.2. The van der Waals surface area contributed by atoms with Gasteiger partial charge in [0, 0.05) is 11.9 Å². The Morgan fingerprint density at radius 1 is 1.38 bits per heavy atom. The van der Waals surface area contributed by atoms with E-state index in [1.807, 2.05) is 13.8 Å². The summed E-state index contributed by atoms with van der Waals surface area (Å²) in [6.07, 6.45) is -3.68. The molecule has 0 fully saturated rings. The molecular weight excluding hydrogens is 239 g/mol. The third-order valence-electron chi connectivity index (χ3n) is 1.78. The number of alkyl halides is 3. The lowest BCUT2D eigenvalue weighted by Crippen LogP contribution is -2.09. The molecule has 0 radical (unpaired) electrons. The lowest BCUT2D eigenvalue weighted by Gasteiger charge is -2.07. The summed E-state index contributed by atoms with van der Waals surface area (Å²) in [6.45, 7) is 3.78. The van der Waals surface area contributed by atoms with Crippen molar-refractivity contribution >= 4 is 10.8 Å². The average molecular weight is 251 g/mol. The molecule has 0 spiro atoms. The van der Waals surface area contributed by atoms with Crippen LogP contribution in [-0.2, 0) is 17.0 Å². The Hall–Kier alpha value is -0.910. The summed E-state index contributed by atoms with van der Waals surface area (Å²) in [5, 5.41) is 0.196. The summed E-state index contributed by atoms with van der Waals surface area (Å²) in [7, 11) is -1.33. The molecule has 0 saturated heterocycles. The second-order valence-corrected chi connectivity index (χ2v) is 5.23. The molecular formula is C10H12F3NOS. The molecule has 0 N–H and O–H groups in total. The molecule has 1 atom stereocenters. The van der Waals surface area contributed by atoms with Crippen LogP contribution in [0.2, 0.25) is 0 Å². The van der Waals surface area contributed by atoms with Crippen LogP contribution in [-0.4, -0.2) is 14.9 Å². The molecule has 0 aliphatic heterocycles. The highest BCUT2D eigenvalue weighted by Crippen LogP contribution is 2.28. The zero-order chi connectivity index (χ0) is 12.3. The monoisotopic (exact) mass is 251 g/mol. The molecule has 6 heteroatoms. The van der Waals surface area contributed by atoms with Gasteiger partial charge in [-0.1, -0.05) is 13.8 Å². The van der Waals surface area contributed by atoms with E-state index in [4.69, 9.17) is 0 Å². The van der Waals surface area contributed by atoms with E-state index in [1.54, 1.807) is 0 Å². The van der Waals surface area contributed by atoms with Crippen molar-refractivity contribution in [3.63, 3.8) is 0 Å². The van der Waals surface area contributed by atoms with Gasteiger partial charge in [0.05, 0.1) is 16.4 Å². The molecule has 0 bridgehead atoms. The fourth-order valence-electron chi connectivity index (χ4n) is 1.07. The minimum Gasteiger partial charge on any atom is -0.253 e. The first kappa shape index (κ1) is 13.2. The lowest BCUT2D eigenvalue weighted by molar-refractivity contribution is -0.137. The largest absolute Gasteiger partial charge is 0.417 e. The quantitative estimate of drug-likeness (QED) is 0.826. The van der Waals surface area contributed by atoms with Crippen LogP contribution in [0.4, 0.5) is 13.2 Å². The highest BCUT2D eigenvalue weighted by atomic mass is 32.2. The number of hydrogen-bond acceptors (Lipinski definition) is 2. The van der Waals surface area contributed by atoms with Gasteiger partial charge in [0.2, 0.25) is 0 Å². The van der Waals surface area contributed by atoms with Gasteiger partial charge in [0.1, 0.15) is 5.03 Å². The maximum atomic E-state index is 12.2. The summed E-state index contributed by atoms with van der Waals surface area (Å²) in [5.41, 5.74) is -0.821. The molecule has 0 saturated carbocycles. The second-order valence-electron chi connectivity index (χ2n) is 3.79. The number of halogens is 3. The summed E-state index contributed by atoms with van der Waals surface area (Å²) in [4.78, 5) is 3.58. The summed E-state index contributed by atoms with van der Waals surface area (Å²) in [5.74, 6) is 0.614. The SMILES string of the molecule is CC(C)CS(=O)c1ccc(C(F)(F)F)cn1. The Morgan fingerprint density at radius 2 is 2.00 bits per heavy atom. The Labute approximate surface area is 94.3 Å². The van der Waals surface area contributed by atoms with Gasteiger partial charge in [0.15, 0.2) is 0 Å². The summed E-state index contributed by atoms with van der Waals surface area (Å²) >= 11 is 0. The van der Waals surface area contributed by atoms with Crippen molar-refractivity contribution in [2.75, 3.05) is 5.75 Å². The standard InChI is InChI=1S/C10H12F3NOS/c1-7(2)6-16(15)9-4-3-8(5-14-9)10(11,12)13/h3-5,7H,6H2,1-2H3. The van der Waals surface area contributed by atoms with Crippen molar-refractivity contribution in [2.45, 2.75) is 25.0 Å². The molecule has 2 nitrogen and oxygen atoms in total. The van der Waals surface area contributed by atoms with Crippen LogP contribution in [0.25, 0.3) is 0 Å². The van der Waals surface area contributed by atoms with Gasteiger partial charge in [-0.05, 0) is 18.1 Å². The van der Waals surface area contributed by atoms with Gasteiger partial charge in [-0.2, -0.15) is 13.2 Å². The smallest absolute Gasteiger partial charge is 0.253 e. The average Bonchev–Trinajstić information content (AvgIpc) is 2.15. The van der Waals surface area contributed by atoms with E-state index in [2.05, 4.69) is 4.98 Å². The number of nitrogens with zero attached hydrogens (tertiary/aromatic N) is 1. The van der Waals surface area contributed by atoms with E-state index in [-0.39, 0.29) is 10.9 Å². The third-order valence-corrected chi connectivity index (χ3v) is 3.46. The molecule has 0 aromatic carbocycles. The van der Waals surface area contributed by atoms with Crippen LogP contribution in [0.5, 0.6) is 0 Å². The van der Waals surface area contributed by atoms with E-state index in [1.165, 1.54) is 6.07 Å². The van der Waals surface area contributed by atoms with E-state index in [9.17, 15) is 17.4 Å². The van der Waals surface area contributed by atoms with Crippen LogP contribution in [0.3, 0.4) is 0 Å². The Bertz CT molecular complexity index is 373. The first-order valence-electron chi connectivity index (χ1n) is 4.72. The fourth-order valence-corrected chi connectivity index (χ4v) is 2.24. The van der Waals surface area contributed by atoms with Crippen molar-refractivity contribution in [3.8, 4) is 0 Å². The van der Waals surface area contributed by atoms with Crippen LogP contribution < -0.4 is 0 Å². The van der Waals surface area contributed by atoms with Crippen LogP contribution in [0.15, 0.2) is 23.4 Å². The maximum absolute atomic E-state index is 12.2. The highest BCUT2D eigenvalue weighted by Gasteiger charge is 2.30. The van der Waals surface area contributed by atoms with E-state index < -0.39 is 22.5 Å². The topological polar surface area (TPSA) is 30.0 Å². The number of rotatable bonds is 3. The Balaban J connectivity index is 2.83. The summed E-state index contributed by atoms with van der Waals surface area (Å²) in [6, 6.07) is 2.07. The Kier molecular flexibility index (Phi) is 4.07. The Morgan fingerprint density at radius 3 is 2.38 bits per heavy atom. The molecule has 1 aromatic rings. The second kappa shape index (κ2) is 4.95. The third kappa shape index (κ3) is 3.59. The van der Waals surface area contributed by atoms with Gasteiger partial charge in [-0.3, -0.25) is 4.21 Å². The van der Waals surface area contributed by atoms with Crippen LogP contribution in [0, 0.1) is 5.92 Å². The minimum atomic E-state index is -4.40. The first-order chi connectivity index (χ1) is 7.30.